The van der Waals surface area contributed by atoms with E-state index in [2.05, 4.69) is 0 Å². The summed E-state index contributed by atoms with van der Waals surface area (Å²) < 4.78 is 0. The molecule has 4 heteroatoms. The average molecular weight is 208 g/mol. The molecule has 0 spiro atoms. The van der Waals surface area contributed by atoms with Crippen LogP contribution in [-0.4, -0.2) is 27.6 Å². The largest absolute Gasteiger partial charge is 0.478 e. The van der Waals surface area contributed by atoms with Crippen LogP contribution in [0.2, 0.25) is 0 Å². The van der Waals surface area contributed by atoms with Crippen molar-refractivity contribution in [2.24, 2.45) is 0 Å². The van der Waals surface area contributed by atoms with E-state index in [1.807, 2.05) is 0 Å². The molecule has 0 aromatic heterocycles. The number of aliphatic hydroxyl groups is 1. The Bertz CT molecular complexity index is 376. The van der Waals surface area contributed by atoms with Gasteiger partial charge in [0.25, 0.3) is 0 Å². The van der Waals surface area contributed by atoms with E-state index < -0.39 is 11.6 Å². The van der Waals surface area contributed by atoms with Gasteiger partial charge in [-0.3, -0.25) is 4.79 Å². The van der Waals surface area contributed by atoms with Crippen LogP contribution < -0.4 is 0 Å². The molecule has 0 aromatic rings. The van der Waals surface area contributed by atoms with E-state index in [-0.39, 0.29) is 12.2 Å². The molecule has 0 aromatic carbocycles. The third-order valence-electron chi connectivity index (χ3n) is 2.23. The summed E-state index contributed by atoms with van der Waals surface area (Å²) in [5, 5.41) is 18.1. The standard InChI is InChI=1S/C11H12O4/c1-8(12)11(15)6-4-9(5-7-11)2-3-10(13)14/h2-6,15H,7H2,1H3,(H,13,14). The van der Waals surface area contributed by atoms with Gasteiger partial charge in [-0.25, -0.2) is 4.79 Å². The summed E-state index contributed by atoms with van der Waals surface area (Å²) in [7, 11) is 0. The zero-order valence-electron chi connectivity index (χ0n) is 8.30. The van der Waals surface area contributed by atoms with E-state index >= 15 is 0 Å². The lowest BCUT2D eigenvalue weighted by molar-refractivity contribution is -0.131. The Morgan fingerprint density at radius 2 is 2.20 bits per heavy atom. The molecule has 1 atom stereocenters. The molecule has 1 unspecified atom stereocenters. The number of allylic oxidation sites excluding steroid dienone is 3. The molecular formula is C11H12O4. The minimum atomic E-state index is -1.43. The van der Waals surface area contributed by atoms with Crippen LogP contribution in [0.5, 0.6) is 0 Å². The van der Waals surface area contributed by atoms with Gasteiger partial charge in [-0.1, -0.05) is 12.2 Å². The quantitative estimate of drug-likeness (QED) is 0.674. The number of aliphatic carboxylic acids is 1. The third kappa shape index (κ3) is 2.89. The van der Waals surface area contributed by atoms with Gasteiger partial charge in [0.2, 0.25) is 0 Å². The van der Waals surface area contributed by atoms with Crippen LogP contribution in [0.3, 0.4) is 0 Å². The zero-order chi connectivity index (χ0) is 11.5. The number of ketones is 1. The van der Waals surface area contributed by atoms with Gasteiger partial charge in [0.15, 0.2) is 5.78 Å². The fourth-order valence-electron chi connectivity index (χ4n) is 1.20. The summed E-state index contributed by atoms with van der Waals surface area (Å²) in [6.07, 6.45) is 7.15. The molecule has 0 saturated carbocycles. The van der Waals surface area contributed by atoms with E-state index in [1.54, 1.807) is 6.08 Å². The Labute approximate surface area is 87.2 Å². The van der Waals surface area contributed by atoms with Crippen molar-refractivity contribution in [3.8, 4) is 0 Å². The molecule has 1 aliphatic carbocycles. The first-order valence-electron chi connectivity index (χ1n) is 4.48. The zero-order valence-corrected chi connectivity index (χ0v) is 8.30. The lowest BCUT2D eigenvalue weighted by atomic mass is 9.89. The second kappa shape index (κ2) is 4.23. The van der Waals surface area contributed by atoms with Crippen molar-refractivity contribution in [1.82, 2.24) is 0 Å². The van der Waals surface area contributed by atoms with E-state index in [0.717, 1.165) is 6.08 Å². The van der Waals surface area contributed by atoms with Gasteiger partial charge in [-0.05, 0) is 24.6 Å². The first-order chi connectivity index (χ1) is 6.94. The van der Waals surface area contributed by atoms with Crippen LogP contribution in [0.1, 0.15) is 13.3 Å². The predicted octanol–water partition coefficient (Wildman–Crippen LogP) is 0.834. The molecule has 0 aliphatic heterocycles. The van der Waals surface area contributed by atoms with Crippen LogP contribution in [-0.2, 0) is 9.59 Å². The fourth-order valence-corrected chi connectivity index (χ4v) is 1.20. The molecule has 2 N–H and O–H groups in total. The normalized spacial score (nSPS) is 25.3. The van der Waals surface area contributed by atoms with E-state index in [9.17, 15) is 14.7 Å². The highest BCUT2D eigenvalue weighted by Crippen LogP contribution is 2.22. The van der Waals surface area contributed by atoms with Crippen LogP contribution in [0.15, 0.2) is 36.0 Å². The number of hydrogen-bond acceptors (Lipinski definition) is 3. The van der Waals surface area contributed by atoms with Crippen molar-refractivity contribution in [3.05, 3.63) is 36.0 Å². The number of rotatable bonds is 3. The van der Waals surface area contributed by atoms with Crippen molar-refractivity contribution in [1.29, 1.82) is 0 Å². The summed E-state index contributed by atoms with van der Waals surface area (Å²) in [5.41, 5.74) is -0.760. The molecule has 0 amide bonds. The number of Topliss-reactive ketones (excluding diaryl/α,β-unsaturated/α-hetero) is 1. The van der Waals surface area contributed by atoms with Crippen LogP contribution in [0, 0.1) is 0 Å². The van der Waals surface area contributed by atoms with Gasteiger partial charge in [0, 0.05) is 12.5 Å². The third-order valence-corrected chi connectivity index (χ3v) is 2.23. The van der Waals surface area contributed by atoms with E-state index in [1.165, 1.54) is 25.2 Å². The van der Waals surface area contributed by atoms with Gasteiger partial charge in [0.1, 0.15) is 5.60 Å². The average Bonchev–Trinajstić information content (AvgIpc) is 2.16. The second-order valence-electron chi connectivity index (χ2n) is 3.39. The highest BCUT2D eigenvalue weighted by atomic mass is 16.4. The first kappa shape index (κ1) is 11.4. The highest BCUT2D eigenvalue weighted by molar-refractivity contribution is 5.87. The second-order valence-corrected chi connectivity index (χ2v) is 3.39. The number of carbonyl (C=O) groups excluding carboxylic acids is 1. The van der Waals surface area contributed by atoms with Crippen LogP contribution in [0.25, 0.3) is 0 Å². The number of carboxylic acid groups (broad SMARTS) is 1. The minimum absolute atomic E-state index is 0.179. The van der Waals surface area contributed by atoms with Crippen molar-refractivity contribution >= 4 is 11.8 Å². The Morgan fingerprint density at radius 3 is 2.60 bits per heavy atom. The molecular weight excluding hydrogens is 196 g/mol. The molecule has 15 heavy (non-hydrogen) atoms. The molecule has 1 aliphatic rings. The maximum absolute atomic E-state index is 11.1. The van der Waals surface area contributed by atoms with Gasteiger partial charge in [0.05, 0.1) is 0 Å². The van der Waals surface area contributed by atoms with Gasteiger partial charge in [-0.15, -0.1) is 0 Å². The van der Waals surface area contributed by atoms with Crippen molar-refractivity contribution in [2.75, 3.05) is 0 Å². The summed E-state index contributed by atoms with van der Waals surface area (Å²) in [6, 6.07) is 0. The summed E-state index contributed by atoms with van der Waals surface area (Å²) in [4.78, 5) is 21.3. The molecule has 1 rings (SSSR count). The lowest BCUT2D eigenvalue weighted by Gasteiger charge is -2.22. The molecule has 4 nitrogen and oxygen atoms in total. The Hall–Kier alpha value is -1.68. The Kier molecular flexibility index (Phi) is 3.21. The van der Waals surface area contributed by atoms with Gasteiger partial charge >= 0.3 is 5.97 Å². The SMILES string of the molecule is CC(=O)C1(O)C=CC(C=CC(=O)O)=CC1. The molecule has 0 radical (unpaired) electrons. The molecule has 0 fully saturated rings. The van der Waals surface area contributed by atoms with E-state index in [0.29, 0.717) is 5.57 Å². The summed E-state index contributed by atoms with van der Waals surface area (Å²) in [5.74, 6) is -1.35. The van der Waals surface area contributed by atoms with Crippen molar-refractivity contribution in [2.45, 2.75) is 18.9 Å². The van der Waals surface area contributed by atoms with Crippen molar-refractivity contribution in [3.63, 3.8) is 0 Å². The van der Waals surface area contributed by atoms with Gasteiger partial charge < -0.3 is 10.2 Å². The molecule has 0 heterocycles. The maximum Gasteiger partial charge on any atom is 0.328 e. The maximum atomic E-state index is 11.1. The molecule has 0 saturated heterocycles. The molecule has 80 valence electrons. The predicted molar refractivity (Wildman–Crippen MR) is 54.2 cm³/mol. The Morgan fingerprint density at radius 1 is 1.53 bits per heavy atom. The van der Waals surface area contributed by atoms with E-state index in [4.69, 9.17) is 5.11 Å². The summed E-state index contributed by atoms with van der Waals surface area (Å²) in [6.45, 7) is 1.32. The summed E-state index contributed by atoms with van der Waals surface area (Å²) >= 11 is 0. The monoisotopic (exact) mass is 208 g/mol. The Balaban J connectivity index is 2.73. The van der Waals surface area contributed by atoms with Crippen LogP contribution >= 0.6 is 0 Å². The first-order valence-corrected chi connectivity index (χ1v) is 4.48. The smallest absolute Gasteiger partial charge is 0.328 e. The lowest BCUT2D eigenvalue weighted by Crippen LogP contribution is -2.35. The number of carbonyl (C=O) groups is 2. The topological polar surface area (TPSA) is 74.6 Å². The van der Waals surface area contributed by atoms with Crippen LogP contribution in [0.4, 0.5) is 0 Å². The number of hydrogen-bond donors (Lipinski definition) is 2. The number of carboxylic acids is 1. The molecule has 0 bridgehead atoms. The fraction of sp³-hybridized carbons (Fsp3) is 0.273. The van der Waals surface area contributed by atoms with Gasteiger partial charge in [-0.2, -0.15) is 0 Å². The highest BCUT2D eigenvalue weighted by Gasteiger charge is 2.29. The minimum Gasteiger partial charge on any atom is -0.478 e. The van der Waals surface area contributed by atoms with Crippen molar-refractivity contribution < 1.29 is 19.8 Å².